The van der Waals surface area contributed by atoms with E-state index in [4.69, 9.17) is 18.6 Å². The summed E-state index contributed by atoms with van der Waals surface area (Å²) in [5.74, 6) is 1.99. The molecule has 0 aliphatic rings. The van der Waals surface area contributed by atoms with Crippen LogP contribution in [-0.2, 0) is 19.5 Å². The molecule has 0 bridgehead atoms. The first-order valence-electron chi connectivity index (χ1n) is 19.0. The Morgan fingerprint density at radius 3 is 1.94 bits per heavy atom. The summed E-state index contributed by atoms with van der Waals surface area (Å²) >= 11 is 6.98. The summed E-state index contributed by atoms with van der Waals surface area (Å²) in [7, 11) is 1.52. The minimum absolute atomic E-state index is 0.156. The van der Waals surface area contributed by atoms with Crippen LogP contribution in [0, 0.1) is 0 Å². The van der Waals surface area contributed by atoms with E-state index in [2.05, 4.69) is 97.9 Å². The van der Waals surface area contributed by atoms with E-state index < -0.39 is 0 Å². The molecule has 0 aliphatic heterocycles. The van der Waals surface area contributed by atoms with Gasteiger partial charge in [0.05, 0.1) is 25.9 Å². The van der Waals surface area contributed by atoms with Crippen LogP contribution in [0.1, 0.15) is 75.0 Å². The molecule has 0 fully saturated rings. The molecular formula is C44H52Br2N2O6. The topological polar surface area (TPSA) is 102 Å². The molecule has 54 heavy (non-hydrogen) atoms. The van der Waals surface area contributed by atoms with Gasteiger partial charge in [-0.15, -0.1) is 0 Å². The summed E-state index contributed by atoms with van der Waals surface area (Å²) in [5, 5.41) is 18.0. The van der Waals surface area contributed by atoms with Crippen molar-refractivity contribution in [1.29, 1.82) is 0 Å². The molecule has 0 aliphatic carbocycles. The Hall–Kier alpha value is -3.83. The lowest BCUT2D eigenvalue weighted by molar-refractivity contribution is 0.291. The number of benzene rings is 4. The van der Waals surface area contributed by atoms with Crippen molar-refractivity contribution in [1.82, 2.24) is 10.6 Å². The highest BCUT2D eigenvalue weighted by molar-refractivity contribution is 9.10. The minimum atomic E-state index is -0.236. The number of nitrogens with one attached hydrogen (secondary N) is 2. The van der Waals surface area contributed by atoms with E-state index in [1.54, 1.807) is 6.07 Å². The first-order chi connectivity index (χ1) is 26.4. The maximum absolute atomic E-state index is 14.1. The molecule has 8 nitrogen and oxygen atoms in total. The summed E-state index contributed by atoms with van der Waals surface area (Å²) in [6.07, 6.45) is 8.16. The van der Waals surface area contributed by atoms with E-state index >= 15 is 0 Å². The lowest BCUT2D eigenvalue weighted by Crippen LogP contribution is -2.15. The normalized spacial score (nSPS) is 11.3. The lowest BCUT2D eigenvalue weighted by atomic mass is 9.98. The molecule has 0 amide bonds. The molecule has 0 radical (unpaired) electrons. The van der Waals surface area contributed by atoms with Crippen LogP contribution >= 0.6 is 31.9 Å². The zero-order valence-corrected chi connectivity index (χ0v) is 34.5. The highest BCUT2D eigenvalue weighted by atomic mass is 79.9. The Balaban J connectivity index is 1.30. The number of hydrogen-bond acceptors (Lipinski definition) is 8. The average molecular weight is 865 g/mol. The maximum Gasteiger partial charge on any atom is 0.200 e. The van der Waals surface area contributed by atoms with Crippen LogP contribution in [0.25, 0.3) is 22.3 Å². The number of phenolic OH excluding ortho intramolecular Hbond substituents is 1. The molecule has 0 saturated heterocycles. The van der Waals surface area contributed by atoms with Gasteiger partial charge in [0.1, 0.15) is 39.7 Å². The van der Waals surface area contributed by atoms with Crippen molar-refractivity contribution in [3.05, 3.63) is 115 Å². The summed E-state index contributed by atoms with van der Waals surface area (Å²) < 4.78 is 26.8. The second kappa shape index (κ2) is 21.9. The molecule has 0 unspecified atom stereocenters. The zero-order chi connectivity index (χ0) is 38.1. The highest BCUT2D eigenvalue weighted by Gasteiger charge is 2.22. The quantitative estimate of drug-likeness (QED) is 0.0558. The van der Waals surface area contributed by atoms with Gasteiger partial charge in [0.15, 0.2) is 5.43 Å². The third-order valence-corrected chi connectivity index (χ3v) is 10.3. The lowest BCUT2D eigenvalue weighted by Gasteiger charge is -2.17. The van der Waals surface area contributed by atoms with Crippen molar-refractivity contribution in [2.45, 2.75) is 77.8 Å². The van der Waals surface area contributed by atoms with Gasteiger partial charge >= 0.3 is 0 Å². The van der Waals surface area contributed by atoms with E-state index in [-0.39, 0.29) is 22.1 Å². The first kappa shape index (κ1) is 41.3. The molecule has 0 spiro atoms. The molecule has 5 aromatic rings. The van der Waals surface area contributed by atoms with Gasteiger partial charge in [-0.1, -0.05) is 82.3 Å². The SMILES string of the molecule is CCCCCCc1c(-c2ccc(OCCCCNCc3ccc(Br)cc3)cc2OCCCCNCc2ccc(Br)cc2)oc2cc(OC)cc(O)c2c1=O. The average Bonchev–Trinajstić information content (AvgIpc) is 3.17. The third-order valence-electron chi connectivity index (χ3n) is 9.26. The summed E-state index contributed by atoms with van der Waals surface area (Å²) in [6, 6.07) is 25.5. The fraction of sp³-hybridized carbons (Fsp3) is 0.386. The molecule has 10 heteroatoms. The summed E-state index contributed by atoms with van der Waals surface area (Å²) in [6.45, 7) is 6.60. The van der Waals surface area contributed by atoms with Crippen LogP contribution in [0.15, 0.2) is 97.0 Å². The standard InChI is InChI=1S/C44H52Br2N2O6/c1-3-4-5-6-11-38-43(50)42-39(49)26-36(51-2)28-41(42)54-44(38)37-21-20-35(52-24-9-7-22-47-29-31-12-16-33(45)17-13-31)27-40(37)53-25-10-8-23-48-30-32-14-18-34(46)19-15-32/h12-21,26-28,47-49H,3-11,22-25,29-30H2,1-2H3. The maximum atomic E-state index is 14.1. The predicted octanol–water partition coefficient (Wildman–Crippen LogP) is 10.7. The fourth-order valence-corrected chi connectivity index (χ4v) is 6.78. The molecular weight excluding hydrogens is 812 g/mol. The van der Waals surface area contributed by atoms with Crippen molar-refractivity contribution in [3.8, 4) is 34.3 Å². The number of fused-ring (bicyclic) bond motifs is 1. The Kier molecular flexibility index (Phi) is 16.8. The molecule has 0 atom stereocenters. The highest BCUT2D eigenvalue weighted by Crippen LogP contribution is 2.39. The van der Waals surface area contributed by atoms with Crippen LogP contribution < -0.4 is 30.3 Å². The summed E-state index contributed by atoms with van der Waals surface area (Å²) in [4.78, 5) is 14.1. The number of halogens is 2. The molecule has 1 heterocycles. The molecule has 4 aromatic carbocycles. The second-order valence-electron chi connectivity index (χ2n) is 13.4. The summed E-state index contributed by atoms with van der Waals surface area (Å²) in [5.41, 5.74) is 3.73. The number of methoxy groups -OCH3 is 1. The van der Waals surface area contributed by atoms with Gasteiger partial charge in [0, 0.05) is 45.8 Å². The Labute approximate surface area is 335 Å². The van der Waals surface area contributed by atoms with Crippen molar-refractivity contribution < 1.29 is 23.7 Å². The third kappa shape index (κ3) is 12.3. The number of unbranched alkanes of at least 4 members (excludes halogenated alkanes) is 5. The number of hydrogen-bond donors (Lipinski definition) is 3. The van der Waals surface area contributed by atoms with Crippen molar-refractivity contribution >= 4 is 42.8 Å². The van der Waals surface area contributed by atoms with Crippen LogP contribution in [0.3, 0.4) is 0 Å². The van der Waals surface area contributed by atoms with Gasteiger partial charge in [0.2, 0.25) is 0 Å². The number of rotatable bonds is 23. The van der Waals surface area contributed by atoms with E-state index in [9.17, 15) is 9.90 Å². The molecule has 5 rings (SSSR count). The number of aromatic hydroxyl groups is 1. The minimum Gasteiger partial charge on any atom is -0.507 e. The van der Waals surface area contributed by atoms with Crippen molar-refractivity contribution in [2.24, 2.45) is 0 Å². The number of ether oxygens (including phenoxy) is 3. The molecule has 3 N–H and O–H groups in total. The van der Waals surface area contributed by atoms with Crippen LogP contribution in [0.5, 0.6) is 23.0 Å². The van der Waals surface area contributed by atoms with Gasteiger partial charge in [-0.25, -0.2) is 0 Å². The van der Waals surface area contributed by atoms with Gasteiger partial charge in [0.25, 0.3) is 0 Å². The van der Waals surface area contributed by atoms with Crippen LogP contribution in [0.2, 0.25) is 0 Å². The van der Waals surface area contributed by atoms with Gasteiger partial charge in [-0.2, -0.15) is 0 Å². The van der Waals surface area contributed by atoms with Crippen molar-refractivity contribution in [3.63, 3.8) is 0 Å². The van der Waals surface area contributed by atoms with E-state index in [0.717, 1.165) is 86.5 Å². The predicted molar refractivity (Wildman–Crippen MR) is 225 cm³/mol. The fourth-order valence-electron chi connectivity index (χ4n) is 6.25. The number of phenols is 1. The smallest absolute Gasteiger partial charge is 0.200 e. The molecule has 288 valence electrons. The van der Waals surface area contributed by atoms with E-state index in [1.807, 2.05) is 18.2 Å². The Morgan fingerprint density at radius 1 is 0.704 bits per heavy atom. The monoisotopic (exact) mass is 862 g/mol. The van der Waals surface area contributed by atoms with Crippen molar-refractivity contribution in [2.75, 3.05) is 33.4 Å². The van der Waals surface area contributed by atoms with Gasteiger partial charge < -0.3 is 34.4 Å². The van der Waals surface area contributed by atoms with E-state index in [1.165, 1.54) is 24.3 Å². The Bertz CT molecular complexity index is 1960. The largest absolute Gasteiger partial charge is 0.507 e. The zero-order valence-electron chi connectivity index (χ0n) is 31.4. The Morgan fingerprint density at radius 2 is 1.33 bits per heavy atom. The second-order valence-corrected chi connectivity index (χ2v) is 15.3. The first-order valence-corrected chi connectivity index (χ1v) is 20.6. The van der Waals surface area contributed by atoms with Gasteiger partial charge in [-0.3, -0.25) is 4.79 Å². The molecule has 1 aromatic heterocycles. The van der Waals surface area contributed by atoms with Crippen LogP contribution in [-0.4, -0.2) is 38.5 Å². The molecule has 0 saturated carbocycles. The van der Waals surface area contributed by atoms with E-state index in [0.29, 0.717) is 53.8 Å². The van der Waals surface area contributed by atoms with Crippen LogP contribution in [0.4, 0.5) is 0 Å². The van der Waals surface area contributed by atoms with Gasteiger partial charge in [-0.05, 0) is 99.1 Å².